The quantitative estimate of drug-likeness (QED) is 0.424. The Morgan fingerprint density at radius 3 is 2.53 bits per heavy atom. The van der Waals surface area contributed by atoms with Crippen LogP contribution < -0.4 is 5.69 Å². The van der Waals surface area contributed by atoms with E-state index in [-0.39, 0.29) is 17.4 Å². The van der Waals surface area contributed by atoms with E-state index in [1.807, 2.05) is 18.2 Å². The molecule has 0 amide bonds. The van der Waals surface area contributed by atoms with E-state index >= 15 is 0 Å². The third-order valence-electron chi connectivity index (χ3n) is 4.88. The molecule has 0 aliphatic rings. The van der Waals surface area contributed by atoms with Gasteiger partial charge in [0.1, 0.15) is 11.6 Å². The number of aromatic nitrogens is 4. The Hall–Kier alpha value is -3.58. The standard InChI is InChI=1S/C22H13ClF2N4O/c23-18-11-16(25)9-8-14(18)12-28-19-7-2-1-6-17(19)21-26-20(27-29(21)22(28)30)13-4-3-5-15(24)10-13/h1-11H,12H2. The van der Waals surface area contributed by atoms with Crippen LogP contribution in [0.5, 0.6) is 0 Å². The van der Waals surface area contributed by atoms with E-state index in [4.69, 9.17) is 11.6 Å². The summed E-state index contributed by atoms with van der Waals surface area (Å²) in [6, 6.07) is 17.2. The van der Waals surface area contributed by atoms with Crippen molar-refractivity contribution in [2.24, 2.45) is 0 Å². The molecule has 0 bridgehead atoms. The monoisotopic (exact) mass is 422 g/mol. The topological polar surface area (TPSA) is 52.2 Å². The minimum absolute atomic E-state index is 0.129. The maximum absolute atomic E-state index is 13.6. The van der Waals surface area contributed by atoms with Gasteiger partial charge in [-0.2, -0.15) is 4.52 Å². The van der Waals surface area contributed by atoms with E-state index in [0.29, 0.717) is 27.7 Å². The van der Waals surface area contributed by atoms with Gasteiger partial charge in [0.2, 0.25) is 0 Å². The lowest BCUT2D eigenvalue weighted by atomic mass is 10.2. The van der Waals surface area contributed by atoms with Crippen LogP contribution in [-0.4, -0.2) is 19.2 Å². The van der Waals surface area contributed by atoms with Crippen molar-refractivity contribution in [3.63, 3.8) is 0 Å². The Morgan fingerprint density at radius 1 is 0.933 bits per heavy atom. The van der Waals surface area contributed by atoms with Crippen LogP contribution in [-0.2, 0) is 6.54 Å². The molecular weight excluding hydrogens is 410 g/mol. The Morgan fingerprint density at radius 2 is 1.73 bits per heavy atom. The number of halogens is 3. The molecule has 0 atom stereocenters. The second kappa shape index (κ2) is 7.03. The molecule has 8 heteroatoms. The summed E-state index contributed by atoms with van der Waals surface area (Å²) in [6.07, 6.45) is 0. The summed E-state index contributed by atoms with van der Waals surface area (Å²) in [4.78, 5) is 17.8. The van der Waals surface area contributed by atoms with Crippen LogP contribution in [0.15, 0.2) is 71.5 Å². The van der Waals surface area contributed by atoms with Gasteiger partial charge in [-0.1, -0.05) is 41.9 Å². The van der Waals surface area contributed by atoms with E-state index < -0.39 is 17.3 Å². The summed E-state index contributed by atoms with van der Waals surface area (Å²) in [5.41, 5.74) is 1.63. The first kappa shape index (κ1) is 18.4. The molecule has 148 valence electrons. The van der Waals surface area contributed by atoms with E-state index in [1.54, 1.807) is 24.3 Å². The molecule has 0 saturated carbocycles. The van der Waals surface area contributed by atoms with Crippen molar-refractivity contribution in [1.82, 2.24) is 19.2 Å². The van der Waals surface area contributed by atoms with Gasteiger partial charge in [0, 0.05) is 16.0 Å². The number of para-hydroxylation sites is 1. The average molecular weight is 423 g/mol. The smallest absolute Gasteiger partial charge is 0.287 e. The van der Waals surface area contributed by atoms with Gasteiger partial charge < -0.3 is 0 Å². The number of benzene rings is 3. The Bertz CT molecular complexity index is 1490. The van der Waals surface area contributed by atoms with Crippen LogP contribution in [0.3, 0.4) is 0 Å². The minimum atomic E-state index is -0.451. The van der Waals surface area contributed by atoms with Crippen molar-refractivity contribution in [2.75, 3.05) is 0 Å². The molecule has 2 aromatic heterocycles. The maximum atomic E-state index is 13.6. The molecular formula is C22H13ClF2N4O. The van der Waals surface area contributed by atoms with Crippen molar-refractivity contribution in [3.8, 4) is 11.4 Å². The van der Waals surface area contributed by atoms with Gasteiger partial charge in [0.05, 0.1) is 12.1 Å². The summed E-state index contributed by atoms with van der Waals surface area (Å²) in [6.45, 7) is 0.129. The van der Waals surface area contributed by atoms with Crippen LogP contribution in [0.4, 0.5) is 8.78 Å². The summed E-state index contributed by atoms with van der Waals surface area (Å²) >= 11 is 6.17. The van der Waals surface area contributed by atoms with Crippen LogP contribution in [0.1, 0.15) is 5.56 Å². The molecule has 0 aliphatic heterocycles. The van der Waals surface area contributed by atoms with Crippen molar-refractivity contribution < 1.29 is 8.78 Å². The molecule has 0 fully saturated rings. The summed E-state index contributed by atoms with van der Waals surface area (Å²) in [7, 11) is 0. The van der Waals surface area contributed by atoms with Gasteiger partial charge in [0.15, 0.2) is 11.5 Å². The third kappa shape index (κ3) is 3.04. The highest BCUT2D eigenvalue weighted by molar-refractivity contribution is 6.31. The highest BCUT2D eigenvalue weighted by Crippen LogP contribution is 2.23. The minimum Gasteiger partial charge on any atom is -0.287 e. The normalized spacial score (nSPS) is 11.4. The van der Waals surface area contributed by atoms with E-state index in [1.165, 1.54) is 33.3 Å². The number of hydrogen-bond donors (Lipinski definition) is 0. The van der Waals surface area contributed by atoms with Crippen LogP contribution in [0, 0.1) is 11.6 Å². The van der Waals surface area contributed by atoms with Gasteiger partial charge >= 0.3 is 5.69 Å². The summed E-state index contributed by atoms with van der Waals surface area (Å²) < 4.78 is 29.8. The average Bonchev–Trinajstić information content (AvgIpc) is 3.19. The maximum Gasteiger partial charge on any atom is 0.351 e. The lowest BCUT2D eigenvalue weighted by Gasteiger charge is -2.12. The third-order valence-corrected chi connectivity index (χ3v) is 5.23. The fourth-order valence-corrected chi connectivity index (χ4v) is 3.69. The van der Waals surface area contributed by atoms with E-state index in [9.17, 15) is 13.6 Å². The van der Waals surface area contributed by atoms with Gasteiger partial charge in [-0.25, -0.2) is 18.6 Å². The molecule has 30 heavy (non-hydrogen) atoms. The zero-order chi connectivity index (χ0) is 20.8. The largest absolute Gasteiger partial charge is 0.351 e. The molecule has 3 aromatic carbocycles. The molecule has 0 spiro atoms. The van der Waals surface area contributed by atoms with Crippen LogP contribution in [0.25, 0.3) is 27.9 Å². The molecule has 0 radical (unpaired) electrons. The van der Waals surface area contributed by atoms with E-state index in [0.717, 1.165) is 0 Å². The zero-order valence-corrected chi connectivity index (χ0v) is 16.1. The fraction of sp³-hybridized carbons (Fsp3) is 0.0455. The molecule has 0 unspecified atom stereocenters. The van der Waals surface area contributed by atoms with Crippen molar-refractivity contribution in [3.05, 3.63) is 99.4 Å². The second-order valence-electron chi connectivity index (χ2n) is 6.80. The SMILES string of the molecule is O=c1n(Cc2ccc(F)cc2Cl)c2ccccc2c2nc(-c3cccc(F)c3)nn12. The predicted molar refractivity (Wildman–Crippen MR) is 111 cm³/mol. The van der Waals surface area contributed by atoms with Gasteiger partial charge in [0.25, 0.3) is 0 Å². The molecule has 5 rings (SSSR count). The first-order chi connectivity index (χ1) is 14.5. The highest BCUT2D eigenvalue weighted by Gasteiger charge is 2.17. The number of fused-ring (bicyclic) bond motifs is 3. The van der Waals surface area contributed by atoms with Crippen LogP contribution >= 0.6 is 11.6 Å². The summed E-state index contributed by atoms with van der Waals surface area (Å²) in [5.74, 6) is -0.624. The molecule has 0 saturated heterocycles. The first-order valence-corrected chi connectivity index (χ1v) is 9.47. The van der Waals surface area contributed by atoms with Gasteiger partial charge in [-0.15, -0.1) is 5.10 Å². The van der Waals surface area contributed by atoms with E-state index in [2.05, 4.69) is 10.1 Å². The van der Waals surface area contributed by atoms with Gasteiger partial charge in [-0.05, 0) is 42.0 Å². The molecule has 0 aliphatic carbocycles. The Kier molecular flexibility index (Phi) is 4.33. The second-order valence-corrected chi connectivity index (χ2v) is 7.21. The predicted octanol–water partition coefficient (Wildman–Crippen LogP) is 4.69. The molecule has 2 heterocycles. The van der Waals surface area contributed by atoms with Crippen molar-refractivity contribution >= 4 is 28.2 Å². The molecule has 0 N–H and O–H groups in total. The Balaban J connectivity index is 1.76. The molecule has 5 nitrogen and oxygen atoms in total. The lowest BCUT2D eigenvalue weighted by Crippen LogP contribution is -2.28. The lowest BCUT2D eigenvalue weighted by molar-refractivity contribution is 0.626. The van der Waals surface area contributed by atoms with Crippen molar-refractivity contribution in [2.45, 2.75) is 6.54 Å². The number of rotatable bonds is 3. The van der Waals surface area contributed by atoms with Crippen molar-refractivity contribution in [1.29, 1.82) is 0 Å². The number of nitrogens with zero attached hydrogens (tertiary/aromatic N) is 4. The zero-order valence-electron chi connectivity index (χ0n) is 15.4. The summed E-state index contributed by atoms with van der Waals surface area (Å²) in [5, 5.41) is 5.25. The number of hydrogen-bond acceptors (Lipinski definition) is 3. The molecule has 5 aromatic rings. The fourth-order valence-electron chi connectivity index (χ4n) is 3.46. The first-order valence-electron chi connectivity index (χ1n) is 9.09. The van der Waals surface area contributed by atoms with Crippen LogP contribution in [0.2, 0.25) is 5.02 Å². The Labute approximate surface area is 173 Å². The van der Waals surface area contributed by atoms with Gasteiger partial charge in [-0.3, -0.25) is 4.57 Å². The highest BCUT2D eigenvalue weighted by atomic mass is 35.5.